The van der Waals surface area contributed by atoms with E-state index in [4.69, 9.17) is 0 Å². The maximum atomic E-state index is 13.1. The molecule has 0 amide bonds. The second kappa shape index (κ2) is 4.48. The third-order valence-corrected chi connectivity index (χ3v) is 2.50. The molecule has 0 fully saturated rings. The number of phenols is 1. The molecule has 0 aliphatic carbocycles. The van der Waals surface area contributed by atoms with E-state index in [1.807, 2.05) is 0 Å². The molecule has 1 aromatic carbocycles. The predicted octanol–water partition coefficient (Wildman–Crippen LogP) is 1.55. The van der Waals surface area contributed by atoms with Gasteiger partial charge < -0.3 is 15.2 Å². The smallest absolute Gasteiger partial charge is 0.258 e. The molecule has 0 bridgehead atoms. The number of benzene rings is 1. The van der Waals surface area contributed by atoms with E-state index in [1.54, 1.807) is 6.92 Å². The molecule has 2 rings (SSSR count). The average molecular weight is 250 g/mol. The molecule has 0 saturated carbocycles. The summed E-state index contributed by atoms with van der Waals surface area (Å²) in [7, 11) is 0. The molecule has 0 saturated heterocycles. The number of aromatic hydroxyl groups is 2. The molecule has 0 radical (unpaired) electrons. The molecule has 18 heavy (non-hydrogen) atoms. The fraction of sp³-hybridized carbons (Fsp3) is 0.167. The van der Waals surface area contributed by atoms with Crippen LogP contribution in [0.1, 0.15) is 12.5 Å². The van der Waals surface area contributed by atoms with Crippen molar-refractivity contribution in [3.63, 3.8) is 0 Å². The fourth-order valence-corrected chi connectivity index (χ4v) is 1.65. The third kappa shape index (κ3) is 2.17. The molecule has 3 N–H and O–H groups in total. The lowest BCUT2D eigenvalue weighted by molar-refractivity contribution is 0.444. The first kappa shape index (κ1) is 12.1. The van der Waals surface area contributed by atoms with E-state index in [0.717, 1.165) is 12.1 Å². The van der Waals surface area contributed by atoms with Crippen molar-refractivity contribution in [1.82, 2.24) is 9.97 Å². The average Bonchev–Trinajstić information content (AvgIpc) is 2.27. The van der Waals surface area contributed by atoms with E-state index in [1.165, 1.54) is 6.07 Å². The van der Waals surface area contributed by atoms with Crippen molar-refractivity contribution in [2.75, 3.05) is 0 Å². The van der Waals surface area contributed by atoms with E-state index >= 15 is 0 Å². The van der Waals surface area contributed by atoms with Gasteiger partial charge in [0.15, 0.2) is 0 Å². The minimum atomic E-state index is -0.660. The quantitative estimate of drug-likeness (QED) is 0.754. The van der Waals surface area contributed by atoms with Gasteiger partial charge in [-0.25, -0.2) is 4.39 Å². The van der Waals surface area contributed by atoms with Crippen LogP contribution >= 0.6 is 0 Å². The van der Waals surface area contributed by atoms with Crippen LogP contribution in [-0.4, -0.2) is 20.2 Å². The van der Waals surface area contributed by atoms with Crippen molar-refractivity contribution >= 4 is 0 Å². The van der Waals surface area contributed by atoms with Gasteiger partial charge in [-0.1, -0.05) is 6.92 Å². The van der Waals surface area contributed by atoms with Crippen molar-refractivity contribution < 1.29 is 14.6 Å². The van der Waals surface area contributed by atoms with Crippen LogP contribution in [0.3, 0.4) is 0 Å². The van der Waals surface area contributed by atoms with Gasteiger partial charge in [0.2, 0.25) is 5.88 Å². The van der Waals surface area contributed by atoms with E-state index < -0.39 is 11.4 Å². The van der Waals surface area contributed by atoms with Crippen molar-refractivity contribution in [2.24, 2.45) is 0 Å². The monoisotopic (exact) mass is 250 g/mol. The predicted molar refractivity (Wildman–Crippen MR) is 63.0 cm³/mol. The summed E-state index contributed by atoms with van der Waals surface area (Å²) in [5, 5.41) is 18.9. The topological polar surface area (TPSA) is 86.2 Å². The number of aromatic amines is 1. The molecule has 2 aromatic rings. The zero-order valence-corrected chi connectivity index (χ0v) is 9.57. The molecule has 5 nitrogen and oxygen atoms in total. The van der Waals surface area contributed by atoms with E-state index in [2.05, 4.69) is 9.97 Å². The zero-order valence-electron chi connectivity index (χ0n) is 9.57. The van der Waals surface area contributed by atoms with Gasteiger partial charge in [0.05, 0.1) is 5.56 Å². The molecule has 6 heteroatoms. The lowest BCUT2D eigenvalue weighted by atomic mass is 10.2. The minimum Gasteiger partial charge on any atom is -0.508 e. The van der Waals surface area contributed by atoms with Crippen molar-refractivity contribution in [3.8, 4) is 23.0 Å². The standard InChI is InChI=1S/C12H11FN2O3/c1-2-9-11(17)14-10(15-12(9)18)6-3-7(13)5-8(16)4-6/h3-5,16H,2H2,1H3,(H2,14,15,17,18). The number of nitrogens with zero attached hydrogens (tertiary/aromatic N) is 1. The highest BCUT2D eigenvalue weighted by molar-refractivity contribution is 5.58. The Balaban J connectivity index is 2.61. The minimum absolute atomic E-state index is 0.00417. The second-order valence-electron chi connectivity index (χ2n) is 3.77. The Kier molecular flexibility index (Phi) is 3.01. The molecule has 0 spiro atoms. The van der Waals surface area contributed by atoms with Crippen LogP contribution in [0.4, 0.5) is 4.39 Å². The van der Waals surface area contributed by atoms with Crippen molar-refractivity contribution in [1.29, 1.82) is 0 Å². The number of aromatic nitrogens is 2. The van der Waals surface area contributed by atoms with Gasteiger partial charge in [0.25, 0.3) is 5.56 Å². The van der Waals surface area contributed by atoms with Crippen LogP contribution < -0.4 is 5.56 Å². The van der Waals surface area contributed by atoms with Crippen LogP contribution in [0.15, 0.2) is 23.0 Å². The summed E-state index contributed by atoms with van der Waals surface area (Å²) in [6.07, 6.45) is 0.336. The van der Waals surface area contributed by atoms with Crippen LogP contribution in [0, 0.1) is 5.82 Å². The molecule has 0 unspecified atom stereocenters. The summed E-state index contributed by atoms with van der Waals surface area (Å²) in [6, 6.07) is 3.28. The maximum Gasteiger partial charge on any atom is 0.258 e. The first-order valence-corrected chi connectivity index (χ1v) is 5.33. The highest BCUT2D eigenvalue weighted by Crippen LogP contribution is 2.23. The lowest BCUT2D eigenvalue weighted by Gasteiger charge is -2.05. The van der Waals surface area contributed by atoms with Gasteiger partial charge in [0.1, 0.15) is 17.4 Å². The first-order valence-electron chi connectivity index (χ1n) is 5.33. The maximum absolute atomic E-state index is 13.1. The molecule has 0 aliphatic rings. The molecule has 0 aliphatic heterocycles. The third-order valence-electron chi connectivity index (χ3n) is 2.50. The number of hydrogen-bond donors (Lipinski definition) is 3. The molecular weight excluding hydrogens is 239 g/mol. The van der Waals surface area contributed by atoms with E-state index in [0.29, 0.717) is 6.42 Å². The summed E-state index contributed by atoms with van der Waals surface area (Å²) < 4.78 is 13.1. The van der Waals surface area contributed by atoms with Gasteiger partial charge >= 0.3 is 0 Å². The highest BCUT2D eigenvalue weighted by Gasteiger charge is 2.11. The Hall–Kier alpha value is -2.37. The molecular formula is C12H11FN2O3. The van der Waals surface area contributed by atoms with Crippen LogP contribution in [-0.2, 0) is 6.42 Å². The van der Waals surface area contributed by atoms with Gasteiger partial charge in [-0.15, -0.1) is 0 Å². The normalized spacial score (nSPS) is 10.6. The van der Waals surface area contributed by atoms with Crippen molar-refractivity contribution in [2.45, 2.75) is 13.3 Å². The van der Waals surface area contributed by atoms with Gasteiger partial charge in [-0.2, -0.15) is 4.98 Å². The summed E-state index contributed by atoms with van der Waals surface area (Å²) >= 11 is 0. The number of phenolic OH excluding ortho intramolecular Hbond substituents is 1. The van der Waals surface area contributed by atoms with Gasteiger partial charge in [0, 0.05) is 11.6 Å². The highest BCUT2D eigenvalue weighted by atomic mass is 19.1. The van der Waals surface area contributed by atoms with Crippen LogP contribution in [0.2, 0.25) is 0 Å². The number of rotatable bonds is 2. The summed E-state index contributed by atoms with van der Waals surface area (Å²) in [5.74, 6) is -1.33. The number of hydrogen-bond acceptors (Lipinski definition) is 4. The first-order chi connectivity index (χ1) is 8.51. The Bertz CT molecular complexity index is 632. The summed E-state index contributed by atoms with van der Waals surface area (Å²) in [5.41, 5.74) is -0.134. The number of H-pyrrole nitrogens is 1. The largest absolute Gasteiger partial charge is 0.508 e. The number of halogens is 1. The molecule has 1 heterocycles. The van der Waals surface area contributed by atoms with E-state index in [9.17, 15) is 19.4 Å². The van der Waals surface area contributed by atoms with Gasteiger partial charge in [-0.05, 0) is 18.6 Å². The van der Waals surface area contributed by atoms with Crippen LogP contribution in [0.5, 0.6) is 11.6 Å². The Morgan fingerprint density at radius 2 is 2.06 bits per heavy atom. The van der Waals surface area contributed by atoms with Crippen molar-refractivity contribution in [3.05, 3.63) is 39.9 Å². The van der Waals surface area contributed by atoms with Gasteiger partial charge in [-0.3, -0.25) is 4.79 Å². The Labute approximate surface area is 102 Å². The molecule has 0 atom stereocenters. The van der Waals surface area contributed by atoms with E-state index in [-0.39, 0.29) is 28.6 Å². The summed E-state index contributed by atoms with van der Waals surface area (Å²) in [4.78, 5) is 17.8. The Morgan fingerprint density at radius 3 is 2.61 bits per heavy atom. The molecule has 1 aromatic heterocycles. The molecule has 94 valence electrons. The zero-order chi connectivity index (χ0) is 13.3. The summed E-state index contributed by atoms with van der Waals surface area (Å²) in [6.45, 7) is 1.71. The lowest BCUT2D eigenvalue weighted by Crippen LogP contribution is -2.14. The fourth-order valence-electron chi connectivity index (χ4n) is 1.65. The Morgan fingerprint density at radius 1 is 1.33 bits per heavy atom. The SMILES string of the molecule is CCc1c(O)nc(-c2cc(O)cc(F)c2)[nH]c1=O. The number of nitrogens with one attached hydrogen (secondary N) is 1. The van der Waals surface area contributed by atoms with Crippen LogP contribution in [0.25, 0.3) is 11.4 Å². The second-order valence-corrected chi connectivity index (χ2v) is 3.77.